The number of halogens is 1. The Balaban J connectivity index is 2.10. The molecule has 0 saturated heterocycles. The van der Waals surface area contributed by atoms with Gasteiger partial charge in [0, 0.05) is 5.02 Å². The summed E-state index contributed by atoms with van der Waals surface area (Å²) < 4.78 is 10.6. The van der Waals surface area contributed by atoms with Crippen molar-refractivity contribution in [2.75, 3.05) is 7.11 Å². The fraction of sp³-hybridized carbons (Fsp3) is 0.188. The summed E-state index contributed by atoms with van der Waals surface area (Å²) in [5, 5.41) is 9.91. The highest BCUT2D eigenvalue weighted by Gasteiger charge is 2.16. The first-order valence-electron chi connectivity index (χ1n) is 6.33. The molecule has 0 radical (unpaired) electrons. The van der Waals surface area contributed by atoms with Gasteiger partial charge in [0.25, 0.3) is 0 Å². The molecule has 0 aliphatic rings. The van der Waals surface area contributed by atoms with Crippen LogP contribution in [0.1, 0.15) is 21.5 Å². The summed E-state index contributed by atoms with van der Waals surface area (Å²) in [6, 6.07) is 12.4. The van der Waals surface area contributed by atoms with Crippen molar-refractivity contribution in [1.29, 1.82) is 0 Å². The van der Waals surface area contributed by atoms with Gasteiger partial charge in [-0.3, -0.25) is 0 Å². The number of carboxylic acid groups (broad SMARTS) is 1. The third-order valence-electron chi connectivity index (χ3n) is 3.02. The summed E-state index contributed by atoms with van der Waals surface area (Å²) in [4.78, 5) is 11.3. The Morgan fingerprint density at radius 1 is 1.10 bits per heavy atom. The van der Waals surface area contributed by atoms with Crippen LogP contribution in [0.3, 0.4) is 0 Å². The molecule has 0 amide bonds. The molecule has 1 N–H and O–H groups in total. The van der Waals surface area contributed by atoms with E-state index in [1.54, 1.807) is 24.3 Å². The van der Waals surface area contributed by atoms with E-state index >= 15 is 0 Å². The highest BCUT2D eigenvalue weighted by molar-refractivity contribution is 6.31. The Morgan fingerprint density at radius 3 is 2.43 bits per heavy atom. The van der Waals surface area contributed by atoms with Gasteiger partial charge in [0.15, 0.2) is 0 Å². The van der Waals surface area contributed by atoms with Crippen LogP contribution in [0, 0.1) is 0 Å². The maximum absolute atomic E-state index is 11.3. The number of carbonyl (C=O) groups is 1. The van der Waals surface area contributed by atoms with Gasteiger partial charge in [0.2, 0.25) is 0 Å². The molecule has 2 aromatic carbocycles. The van der Waals surface area contributed by atoms with E-state index in [1.165, 1.54) is 7.11 Å². The van der Waals surface area contributed by atoms with E-state index < -0.39 is 5.97 Å². The largest absolute Gasteiger partial charge is 0.496 e. The highest BCUT2D eigenvalue weighted by Crippen LogP contribution is 2.23. The first-order valence-corrected chi connectivity index (χ1v) is 6.71. The topological polar surface area (TPSA) is 55.8 Å². The summed E-state index contributed by atoms with van der Waals surface area (Å²) in [5.74, 6) is -0.717. The lowest BCUT2D eigenvalue weighted by Gasteiger charge is -2.11. The van der Waals surface area contributed by atoms with Gasteiger partial charge in [-0.1, -0.05) is 41.9 Å². The van der Waals surface area contributed by atoms with Crippen molar-refractivity contribution >= 4 is 17.6 Å². The number of hydrogen-bond acceptors (Lipinski definition) is 3. The van der Waals surface area contributed by atoms with Gasteiger partial charge in [-0.15, -0.1) is 0 Å². The molecule has 110 valence electrons. The van der Waals surface area contributed by atoms with Crippen molar-refractivity contribution in [1.82, 2.24) is 0 Å². The predicted octanol–water partition coefficient (Wildman–Crippen LogP) is 3.76. The predicted molar refractivity (Wildman–Crippen MR) is 79.9 cm³/mol. The lowest BCUT2D eigenvalue weighted by molar-refractivity contribution is 0.0680. The van der Waals surface area contributed by atoms with Crippen molar-refractivity contribution < 1.29 is 19.4 Å². The summed E-state index contributed by atoms with van der Waals surface area (Å²) in [6.45, 7) is 0.486. The molecule has 0 unspecified atom stereocenters. The monoisotopic (exact) mass is 306 g/mol. The molecule has 0 aliphatic carbocycles. The summed E-state index contributed by atoms with van der Waals surface area (Å²) >= 11 is 6.04. The number of hydrogen-bond donors (Lipinski definition) is 1. The van der Waals surface area contributed by atoms with Crippen LogP contribution < -0.4 is 4.74 Å². The molecule has 0 saturated carbocycles. The fourth-order valence-electron chi connectivity index (χ4n) is 2.00. The van der Waals surface area contributed by atoms with Crippen molar-refractivity contribution in [3.63, 3.8) is 0 Å². The van der Waals surface area contributed by atoms with E-state index in [-0.39, 0.29) is 12.2 Å². The second-order valence-corrected chi connectivity index (χ2v) is 4.79. The summed E-state index contributed by atoms with van der Waals surface area (Å²) in [7, 11) is 1.44. The van der Waals surface area contributed by atoms with E-state index in [0.29, 0.717) is 22.9 Å². The Kier molecular flexibility index (Phi) is 5.20. The highest BCUT2D eigenvalue weighted by atomic mass is 35.5. The van der Waals surface area contributed by atoms with Crippen LogP contribution in [0.25, 0.3) is 0 Å². The van der Waals surface area contributed by atoms with Gasteiger partial charge >= 0.3 is 5.97 Å². The molecular weight excluding hydrogens is 292 g/mol. The Morgan fingerprint density at radius 2 is 1.76 bits per heavy atom. The number of aromatic carboxylic acids is 1. The second-order valence-electron chi connectivity index (χ2n) is 4.38. The van der Waals surface area contributed by atoms with E-state index in [4.69, 9.17) is 21.1 Å². The van der Waals surface area contributed by atoms with E-state index in [9.17, 15) is 9.90 Å². The lowest BCUT2D eigenvalue weighted by Crippen LogP contribution is -2.07. The summed E-state index contributed by atoms with van der Waals surface area (Å²) in [5.41, 5.74) is 1.55. The molecule has 0 heterocycles. The van der Waals surface area contributed by atoms with Crippen molar-refractivity contribution in [3.05, 3.63) is 64.2 Å². The first kappa shape index (κ1) is 15.4. The van der Waals surface area contributed by atoms with Crippen LogP contribution in [0.5, 0.6) is 5.75 Å². The Hall–Kier alpha value is -2.04. The van der Waals surface area contributed by atoms with Gasteiger partial charge in [-0.2, -0.15) is 0 Å². The van der Waals surface area contributed by atoms with Gasteiger partial charge in [-0.25, -0.2) is 4.79 Å². The number of benzene rings is 2. The van der Waals surface area contributed by atoms with Gasteiger partial charge in [0.1, 0.15) is 11.3 Å². The maximum atomic E-state index is 11.3. The first-order chi connectivity index (χ1) is 10.1. The standard InChI is InChI=1S/C16H15ClO4/c1-20-14-8-4-6-12(15(14)16(18)19)10-21-9-11-5-2-3-7-13(11)17/h2-8H,9-10H2,1H3,(H,18,19). The van der Waals surface area contributed by atoms with E-state index in [0.717, 1.165) is 5.56 Å². The zero-order chi connectivity index (χ0) is 15.2. The number of methoxy groups -OCH3 is 1. The molecular formula is C16H15ClO4. The molecule has 0 aliphatic heterocycles. The zero-order valence-electron chi connectivity index (χ0n) is 11.5. The molecule has 0 fully saturated rings. The molecule has 0 spiro atoms. The summed E-state index contributed by atoms with van der Waals surface area (Å²) in [6.07, 6.45) is 0. The number of carboxylic acids is 1. The quantitative estimate of drug-likeness (QED) is 0.882. The minimum atomic E-state index is -1.04. The second kappa shape index (κ2) is 7.11. The average molecular weight is 307 g/mol. The minimum absolute atomic E-state index is 0.124. The molecule has 0 bridgehead atoms. The van der Waals surface area contributed by atoms with Crippen molar-refractivity contribution in [2.45, 2.75) is 13.2 Å². The van der Waals surface area contributed by atoms with Crippen LogP contribution in [0.2, 0.25) is 5.02 Å². The molecule has 0 aromatic heterocycles. The SMILES string of the molecule is COc1cccc(COCc2ccccc2Cl)c1C(=O)O. The van der Waals surface area contributed by atoms with Crippen LogP contribution in [0.4, 0.5) is 0 Å². The van der Waals surface area contributed by atoms with Crippen molar-refractivity contribution in [2.24, 2.45) is 0 Å². The Labute approximate surface area is 127 Å². The van der Waals surface area contributed by atoms with Gasteiger partial charge in [0.05, 0.1) is 20.3 Å². The van der Waals surface area contributed by atoms with Crippen LogP contribution >= 0.6 is 11.6 Å². The molecule has 21 heavy (non-hydrogen) atoms. The minimum Gasteiger partial charge on any atom is -0.496 e. The van der Waals surface area contributed by atoms with Crippen LogP contribution in [-0.4, -0.2) is 18.2 Å². The van der Waals surface area contributed by atoms with Crippen molar-refractivity contribution in [3.8, 4) is 5.75 Å². The molecule has 2 aromatic rings. The third kappa shape index (κ3) is 3.74. The number of rotatable bonds is 6. The molecule has 0 atom stereocenters. The maximum Gasteiger partial charge on any atom is 0.339 e. The smallest absolute Gasteiger partial charge is 0.339 e. The molecule has 5 heteroatoms. The van der Waals surface area contributed by atoms with Gasteiger partial charge in [-0.05, 0) is 23.3 Å². The van der Waals surface area contributed by atoms with Gasteiger partial charge < -0.3 is 14.6 Å². The molecule has 4 nitrogen and oxygen atoms in total. The van der Waals surface area contributed by atoms with E-state index in [1.807, 2.05) is 18.2 Å². The Bertz CT molecular complexity index is 640. The lowest BCUT2D eigenvalue weighted by atomic mass is 10.1. The normalized spacial score (nSPS) is 10.4. The molecule has 2 rings (SSSR count). The van der Waals surface area contributed by atoms with Crippen LogP contribution in [-0.2, 0) is 18.0 Å². The third-order valence-corrected chi connectivity index (χ3v) is 3.39. The van der Waals surface area contributed by atoms with E-state index in [2.05, 4.69) is 0 Å². The zero-order valence-corrected chi connectivity index (χ0v) is 12.3. The number of ether oxygens (including phenoxy) is 2. The van der Waals surface area contributed by atoms with Crippen LogP contribution in [0.15, 0.2) is 42.5 Å². The fourth-order valence-corrected chi connectivity index (χ4v) is 2.19. The average Bonchev–Trinajstić information content (AvgIpc) is 2.48.